The third kappa shape index (κ3) is 2.71. The first-order valence-electron chi connectivity index (χ1n) is 6.31. The summed E-state index contributed by atoms with van der Waals surface area (Å²) in [6.45, 7) is 3.16. The lowest BCUT2D eigenvalue weighted by molar-refractivity contribution is -0.124. The van der Waals surface area contributed by atoms with Crippen LogP contribution in [0.15, 0.2) is 0 Å². The SMILES string of the molecule is CC1CCCCC1NC1CCCNC1=O. The fraction of sp³-hybridized carbons (Fsp3) is 0.917. The average molecular weight is 210 g/mol. The van der Waals surface area contributed by atoms with E-state index in [0.717, 1.165) is 25.3 Å². The zero-order valence-electron chi connectivity index (χ0n) is 9.59. The van der Waals surface area contributed by atoms with Crippen molar-refractivity contribution in [2.24, 2.45) is 5.92 Å². The minimum atomic E-state index is 0.0734. The van der Waals surface area contributed by atoms with Crippen molar-refractivity contribution in [2.75, 3.05) is 6.54 Å². The average Bonchev–Trinajstić information content (AvgIpc) is 2.24. The van der Waals surface area contributed by atoms with Crippen molar-refractivity contribution in [1.82, 2.24) is 10.6 Å². The van der Waals surface area contributed by atoms with Crippen LogP contribution in [0.5, 0.6) is 0 Å². The van der Waals surface area contributed by atoms with Crippen molar-refractivity contribution < 1.29 is 4.79 Å². The van der Waals surface area contributed by atoms with E-state index in [4.69, 9.17) is 0 Å². The molecule has 2 aliphatic rings. The van der Waals surface area contributed by atoms with E-state index >= 15 is 0 Å². The molecule has 0 spiro atoms. The molecular weight excluding hydrogens is 188 g/mol. The Morgan fingerprint density at radius 2 is 2.00 bits per heavy atom. The maximum absolute atomic E-state index is 11.6. The second-order valence-electron chi connectivity index (χ2n) is 5.02. The van der Waals surface area contributed by atoms with Crippen LogP contribution in [0.3, 0.4) is 0 Å². The Morgan fingerprint density at radius 3 is 2.73 bits per heavy atom. The van der Waals surface area contributed by atoms with E-state index in [1.54, 1.807) is 0 Å². The minimum absolute atomic E-state index is 0.0734. The van der Waals surface area contributed by atoms with E-state index in [0.29, 0.717) is 6.04 Å². The Balaban J connectivity index is 1.86. The van der Waals surface area contributed by atoms with Crippen LogP contribution in [0, 0.1) is 5.92 Å². The Labute approximate surface area is 92.0 Å². The normalized spacial score (nSPS) is 37.4. The zero-order chi connectivity index (χ0) is 10.7. The quantitative estimate of drug-likeness (QED) is 0.724. The summed E-state index contributed by atoms with van der Waals surface area (Å²) >= 11 is 0. The van der Waals surface area contributed by atoms with Gasteiger partial charge in [0, 0.05) is 12.6 Å². The molecule has 3 heteroatoms. The van der Waals surface area contributed by atoms with Gasteiger partial charge in [-0.3, -0.25) is 4.79 Å². The highest BCUT2D eigenvalue weighted by Gasteiger charge is 2.28. The molecule has 15 heavy (non-hydrogen) atoms. The van der Waals surface area contributed by atoms with Gasteiger partial charge in [-0.05, 0) is 31.6 Å². The second-order valence-corrected chi connectivity index (χ2v) is 5.02. The summed E-state index contributed by atoms with van der Waals surface area (Å²) in [4.78, 5) is 11.6. The highest BCUT2D eigenvalue weighted by Crippen LogP contribution is 2.24. The topological polar surface area (TPSA) is 41.1 Å². The standard InChI is InChI=1S/C12H22N2O/c1-9-5-2-3-6-10(9)14-11-7-4-8-13-12(11)15/h9-11,14H,2-8H2,1H3,(H,13,15). The van der Waals surface area contributed by atoms with Crippen LogP contribution < -0.4 is 10.6 Å². The molecule has 0 aromatic rings. The lowest BCUT2D eigenvalue weighted by Gasteiger charge is -2.34. The van der Waals surface area contributed by atoms with Crippen LogP contribution in [0.2, 0.25) is 0 Å². The van der Waals surface area contributed by atoms with E-state index in [1.807, 2.05) is 0 Å². The van der Waals surface area contributed by atoms with Crippen LogP contribution in [0.4, 0.5) is 0 Å². The predicted molar refractivity (Wildman–Crippen MR) is 60.6 cm³/mol. The number of piperidine rings is 1. The van der Waals surface area contributed by atoms with E-state index in [2.05, 4.69) is 17.6 Å². The van der Waals surface area contributed by atoms with Gasteiger partial charge < -0.3 is 10.6 Å². The van der Waals surface area contributed by atoms with Crippen LogP contribution in [0.1, 0.15) is 45.4 Å². The third-order valence-corrected chi connectivity index (χ3v) is 3.81. The minimum Gasteiger partial charge on any atom is -0.355 e. The molecule has 3 nitrogen and oxygen atoms in total. The molecule has 86 valence electrons. The molecule has 1 saturated carbocycles. The molecule has 2 N–H and O–H groups in total. The number of nitrogens with one attached hydrogen (secondary N) is 2. The maximum Gasteiger partial charge on any atom is 0.237 e. The Bertz CT molecular complexity index is 230. The van der Waals surface area contributed by atoms with Gasteiger partial charge in [-0.2, -0.15) is 0 Å². The Morgan fingerprint density at radius 1 is 1.20 bits per heavy atom. The summed E-state index contributed by atoms with van der Waals surface area (Å²) in [6.07, 6.45) is 7.35. The van der Waals surface area contributed by atoms with E-state index in [1.165, 1.54) is 25.7 Å². The maximum atomic E-state index is 11.6. The Kier molecular flexibility index (Phi) is 3.62. The van der Waals surface area contributed by atoms with Gasteiger partial charge >= 0.3 is 0 Å². The van der Waals surface area contributed by atoms with Crippen LogP contribution in [-0.2, 0) is 4.79 Å². The first-order valence-corrected chi connectivity index (χ1v) is 6.31. The van der Waals surface area contributed by atoms with Crippen molar-refractivity contribution in [3.05, 3.63) is 0 Å². The third-order valence-electron chi connectivity index (χ3n) is 3.81. The number of hydrogen-bond acceptors (Lipinski definition) is 2. The monoisotopic (exact) mass is 210 g/mol. The smallest absolute Gasteiger partial charge is 0.237 e. The van der Waals surface area contributed by atoms with Gasteiger partial charge in [-0.1, -0.05) is 19.8 Å². The largest absolute Gasteiger partial charge is 0.355 e. The summed E-state index contributed by atoms with van der Waals surface area (Å²) in [5.41, 5.74) is 0. The highest BCUT2D eigenvalue weighted by atomic mass is 16.2. The summed E-state index contributed by atoms with van der Waals surface area (Å²) in [6, 6.07) is 0.636. The fourth-order valence-corrected chi connectivity index (χ4v) is 2.75. The molecule has 1 aliphatic carbocycles. The number of hydrogen-bond donors (Lipinski definition) is 2. The molecule has 1 amide bonds. The molecule has 2 rings (SSSR count). The first-order chi connectivity index (χ1) is 7.27. The molecule has 2 fully saturated rings. The lowest BCUT2D eigenvalue weighted by Crippen LogP contribution is -2.53. The second kappa shape index (κ2) is 4.97. The lowest BCUT2D eigenvalue weighted by atomic mass is 9.85. The van der Waals surface area contributed by atoms with Gasteiger partial charge in [0.1, 0.15) is 0 Å². The first kappa shape index (κ1) is 10.9. The van der Waals surface area contributed by atoms with E-state index in [-0.39, 0.29) is 11.9 Å². The van der Waals surface area contributed by atoms with Gasteiger partial charge in [0.05, 0.1) is 6.04 Å². The molecule has 0 bridgehead atoms. The zero-order valence-corrected chi connectivity index (χ0v) is 9.59. The van der Waals surface area contributed by atoms with Gasteiger partial charge in [-0.15, -0.1) is 0 Å². The number of amides is 1. The van der Waals surface area contributed by atoms with Crippen molar-refractivity contribution in [3.8, 4) is 0 Å². The molecule has 0 radical (unpaired) electrons. The molecule has 1 aliphatic heterocycles. The molecule has 1 heterocycles. The Hall–Kier alpha value is -0.570. The molecule has 3 atom stereocenters. The summed E-state index contributed by atoms with van der Waals surface area (Å²) in [5, 5.41) is 6.48. The summed E-state index contributed by atoms with van der Waals surface area (Å²) in [7, 11) is 0. The molecule has 3 unspecified atom stereocenters. The molecule has 0 aromatic carbocycles. The number of rotatable bonds is 2. The molecule has 0 aromatic heterocycles. The summed E-state index contributed by atoms with van der Waals surface area (Å²) < 4.78 is 0. The van der Waals surface area contributed by atoms with Gasteiger partial charge in [0.2, 0.25) is 5.91 Å². The summed E-state index contributed by atoms with van der Waals surface area (Å²) in [5.74, 6) is 0.938. The molecule has 1 saturated heterocycles. The van der Waals surface area contributed by atoms with Crippen LogP contribution in [-0.4, -0.2) is 24.5 Å². The van der Waals surface area contributed by atoms with Gasteiger partial charge in [0.15, 0.2) is 0 Å². The fourth-order valence-electron chi connectivity index (χ4n) is 2.75. The van der Waals surface area contributed by atoms with Crippen molar-refractivity contribution >= 4 is 5.91 Å². The van der Waals surface area contributed by atoms with Gasteiger partial charge in [-0.25, -0.2) is 0 Å². The van der Waals surface area contributed by atoms with Gasteiger partial charge in [0.25, 0.3) is 0 Å². The van der Waals surface area contributed by atoms with Crippen molar-refractivity contribution in [1.29, 1.82) is 0 Å². The number of carbonyl (C=O) groups is 1. The van der Waals surface area contributed by atoms with Crippen LogP contribution in [0.25, 0.3) is 0 Å². The van der Waals surface area contributed by atoms with Crippen molar-refractivity contribution in [3.63, 3.8) is 0 Å². The predicted octanol–water partition coefficient (Wildman–Crippen LogP) is 1.43. The molecular formula is C12H22N2O. The van der Waals surface area contributed by atoms with E-state index in [9.17, 15) is 4.79 Å². The van der Waals surface area contributed by atoms with Crippen LogP contribution >= 0.6 is 0 Å². The van der Waals surface area contributed by atoms with E-state index < -0.39 is 0 Å². The highest BCUT2D eigenvalue weighted by molar-refractivity contribution is 5.82. The number of carbonyl (C=O) groups excluding carboxylic acids is 1. The van der Waals surface area contributed by atoms with Crippen molar-refractivity contribution in [2.45, 2.75) is 57.5 Å².